The molecule has 3 aliphatic heterocycles. The first-order chi connectivity index (χ1) is 17.7. The van der Waals surface area contributed by atoms with Gasteiger partial charge in [-0.3, -0.25) is 9.59 Å². The van der Waals surface area contributed by atoms with E-state index in [-0.39, 0.29) is 29.3 Å². The molecule has 4 aliphatic rings. The Morgan fingerprint density at radius 1 is 1.03 bits per heavy atom. The third-order valence-corrected chi connectivity index (χ3v) is 8.26. The van der Waals surface area contributed by atoms with Crippen molar-refractivity contribution >= 4 is 11.8 Å². The molecule has 5 atom stereocenters. The lowest BCUT2D eigenvalue weighted by Gasteiger charge is -2.32. The lowest BCUT2D eigenvalue weighted by molar-refractivity contribution is -0.141. The Bertz CT molecular complexity index is 1060. The molecule has 2 amide bonds. The Labute approximate surface area is 213 Å². The number of ether oxygens (including phenoxy) is 1. The number of nitrogens with zero attached hydrogens (tertiary/aromatic N) is 3. The first-order valence-corrected chi connectivity index (χ1v) is 12.8. The minimum absolute atomic E-state index is 0.0248. The third kappa shape index (κ3) is 5.54. The summed E-state index contributed by atoms with van der Waals surface area (Å²) in [6, 6.07) is 5.34. The van der Waals surface area contributed by atoms with Crippen LogP contribution in [-0.2, 0) is 15.8 Å². The van der Waals surface area contributed by atoms with Crippen molar-refractivity contribution in [3.8, 4) is 11.8 Å². The number of hydrazine groups is 2. The summed E-state index contributed by atoms with van der Waals surface area (Å²) in [7, 11) is 0. The fourth-order valence-electron chi connectivity index (χ4n) is 6.17. The summed E-state index contributed by atoms with van der Waals surface area (Å²) in [5.41, 5.74) is 8.15. The van der Waals surface area contributed by atoms with E-state index < -0.39 is 24.1 Å². The molecule has 0 radical (unpaired) electrons. The molecule has 3 unspecified atom stereocenters. The van der Waals surface area contributed by atoms with E-state index in [0.29, 0.717) is 44.1 Å². The summed E-state index contributed by atoms with van der Waals surface area (Å²) in [4.78, 5) is 29.7. The number of benzene rings is 1. The number of nitriles is 1. The minimum atomic E-state index is -4.70. The summed E-state index contributed by atoms with van der Waals surface area (Å²) in [5, 5.41) is 8.90. The molecule has 3 saturated heterocycles. The van der Waals surface area contributed by atoms with Crippen LogP contribution in [0.4, 0.5) is 13.2 Å². The molecule has 1 saturated carbocycles. The Balaban J connectivity index is 1.12. The second kappa shape index (κ2) is 10.5. The summed E-state index contributed by atoms with van der Waals surface area (Å²) in [6.45, 7) is 1.85. The topological polar surface area (TPSA) is 110 Å². The fraction of sp³-hybridized carbons (Fsp3) is 0.640. The van der Waals surface area contributed by atoms with Crippen molar-refractivity contribution in [3.05, 3.63) is 29.3 Å². The highest BCUT2D eigenvalue weighted by molar-refractivity contribution is 5.79. The Hall–Kier alpha value is -2.88. The number of fused-ring (bicyclic) bond motifs is 2. The van der Waals surface area contributed by atoms with Crippen LogP contribution in [0.5, 0.6) is 5.75 Å². The molecule has 0 bridgehead atoms. The summed E-state index contributed by atoms with van der Waals surface area (Å²) < 4.78 is 45.4. The molecule has 1 aromatic carbocycles. The zero-order valence-corrected chi connectivity index (χ0v) is 20.4. The van der Waals surface area contributed by atoms with Crippen molar-refractivity contribution in [1.82, 2.24) is 26.2 Å². The van der Waals surface area contributed by atoms with Gasteiger partial charge in [-0.05, 0) is 62.1 Å². The molecule has 200 valence electrons. The first kappa shape index (κ1) is 25.8. The molecule has 0 spiro atoms. The van der Waals surface area contributed by atoms with Crippen molar-refractivity contribution in [2.24, 2.45) is 17.8 Å². The van der Waals surface area contributed by atoms with Gasteiger partial charge in [0.25, 0.3) is 5.91 Å². The number of amides is 2. The molecule has 5 rings (SSSR count). The van der Waals surface area contributed by atoms with Gasteiger partial charge in [0.05, 0.1) is 17.2 Å². The number of alkyl halides is 3. The monoisotopic (exact) mass is 520 g/mol. The standard InChI is InChI=1S/C25H31F3N6O3/c26-25(27,28)19-9-15(11-29)1-4-22(19)37-14-23(35)33-7-5-17-12-34(13-18(17)6-8-33)24(36)16-2-3-20-21(10-16)31-32-30-20/h1,4,9,16-18,20-21,30-32H,2-3,5-8,10,12-14H2/t16?,17-,18+,20?,21?. The number of nitrogens with one attached hydrogen (secondary N) is 3. The van der Waals surface area contributed by atoms with Crippen LogP contribution in [0.15, 0.2) is 18.2 Å². The third-order valence-electron chi connectivity index (χ3n) is 8.26. The minimum Gasteiger partial charge on any atom is -0.483 e. The maximum absolute atomic E-state index is 13.4. The van der Waals surface area contributed by atoms with Gasteiger partial charge in [0.15, 0.2) is 6.61 Å². The number of likely N-dealkylation sites (tertiary alicyclic amines) is 2. The molecule has 3 heterocycles. The maximum atomic E-state index is 13.4. The number of carbonyl (C=O) groups excluding carboxylic acids is 2. The number of halogens is 3. The number of carbonyl (C=O) groups is 2. The van der Waals surface area contributed by atoms with Gasteiger partial charge in [0, 0.05) is 44.2 Å². The van der Waals surface area contributed by atoms with Crippen LogP contribution in [0.3, 0.4) is 0 Å². The highest BCUT2D eigenvalue weighted by Gasteiger charge is 2.42. The molecule has 0 aromatic heterocycles. The highest BCUT2D eigenvalue weighted by Crippen LogP contribution is 2.37. The van der Waals surface area contributed by atoms with Crippen LogP contribution in [0.25, 0.3) is 0 Å². The molecule has 9 nitrogen and oxygen atoms in total. The first-order valence-electron chi connectivity index (χ1n) is 12.8. The molecule has 4 fully saturated rings. The number of hydrogen-bond acceptors (Lipinski definition) is 7. The van der Waals surface area contributed by atoms with E-state index in [1.54, 1.807) is 11.0 Å². The lowest BCUT2D eigenvalue weighted by atomic mass is 9.82. The van der Waals surface area contributed by atoms with Gasteiger partial charge < -0.3 is 14.5 Å². The van der Waals surface area contributed by atoms with Crippen molar-refractivity contribution in [3.63, 3.8) is 0 Å². The predicted octanol–water partition coefficient (Wildman–Crippen LogP) is 1.80. The van der Waals surface area contributed by atoms with E-state index >= 15 is 0 Å². The van der Waals surface area contributed by atoms with Crippen LogP contribution >= 0.6 is 0 Å². The van der Waals surface area contributed by atoms with E-state index in [1.165, 1.54) is 6.07 Å². The van der Waals surface area contributed by atoms with Gasteiger partial charge in [-0.25, -0.2) is 10.9 Å². The fourth-order valence-corrected chi connectivity index (χ4v) is 6.17. The van der Waals surface area contributed by atoms with Crippen LogP contribution in [0.1, 0.15) is 43.2 Å². The molecule has 3 N–H and O–H groups in total. The molecular weight excluding hydrogens is 489 g/mol. The number of hydrogen-bond donors (Lipinski definition) is 3. The maximum Gasteiger partial charge on any atom is 0.420 e. The summed E-state index contributed by atoms with van der Waals surface area (Å²) in [6.07, 6.45) is -0.568. The van der Waals surface area contributed by atoms with Crippen molar-refractivity contribution in [2.45, 2.75) is 50.4 Å². The smallest absolute Gasteiger partial charge is 0.420 e. The largest absolute Gasteiger partial charge is 0.483 e. The van der Waals surface area contributed by atoms with Gasteiger partial charge in [0.2, 0.25) is 5.91 Å². The van der Waals surface area contributed by atoms with E-state index in [9.17, 15) is 22.8 Å². The molecule has 1 aliphatic carbocycles. The molecule has 12 heteroatoms. The van der Waals surface area contributed by atoms with Crippen molar-refractivity contribution in [1.29, 1.82) is 5.26 Å². The summed E-state index contributed by atoms with van der Waals surface area (Å²) >= 11 is 0. The van der Waals surface area contributed by atoms with Gasteiger partial charge >= 0.3 is 6.18 Å². The number of rotatable bonds is 4. The zero-order valence-electron chi connectivity index (χ0n) is 20.4. The predicted molar refractivity (Wildman–Crippen MR) is 125 cm³/mol. The molecule has 1 aromatic rings. The Morgan fingerprint density at radius 3 is 2.41 bits per heavy atom. The normalized spacial score (nSPS) is 29.7. The Kier molecular flexibility index (Phi) is 7.29. The van der Waals surface area contributed by atoms with Crippen LogP contribution < -0.4 is 21.1 Å². The van der Waals surface area contributed by atoms with E-state index in [4.69, 9.17) is 10.00 Å². The van der Waals surface area contributed by atoms with Crippen LogP contribution in [-0.4, -0.2) is 66.5 Å². The zero-order chi connectivity index (χ0) is 26.2. The highest BCUT2D eigenvalue weighted by atomic mass is 19.4. The quantitative estimate of drug-likeness (QED) is 0.556. The molecule has 37 heavy (non-hydrogen) atoms. The average molecular weight is 521 g/mol. The van der Waals surface area contributed by atoms with E-state index in [0.717, 1.165) is 44.2 Å². The lowest BCUT2D eigenvalue weighted by Crippen LogP contribution is -2.45. The van der Waals surface area contributed by atoms with Crippen LogP contribution in [0, 0.1) is 29.1 Å². The van der Waals surface area contributed by atoms with Gasteiger partial charge in [-0.2, -0.15) is 24.0 Å². The average Bonchev–Trinajstić information content (AvgIpc) is 3.48. The second-order valence-corrected chi connectivity index (χ2v) is 10.5. The van der Waals surface area contributed by atoms with Crippen molar-refractivity contribution < 1.29 is 27.5 Å². The van der Waals surface area contributed by atoms with Gasteiger partial charge in [-0.1, -0.05) is 0 Å². The molecular formula is C25H31F3N6O3. The van der Waals surface area contributed by atoms with E-state index in [1.807, 2.05) is 4.90 Å². The van der Waals surface area contributed by atoms with Gasteiger partial charge in [-0.15, -0.1) is 0 Å². The van der Waals surface area contributed by atoms with Crippen LogP contribution in [0.2, 0.25) is 0 Å². The SMILES string of the molecule is N#Cc1ccc(OCC(=O)N2CC[C@@H]3CN(C(=O)C4CCC5NNNC5C4)C[C@@H]3CC2)c(C(F)(F)F)c1. The summed E-state index contributed by atoms with van der Waals surface area (Å²) in [5.74, 6) is 0.0356. The second-order valence-electron chi connectivity index (χ2n) is 10.5. The van der Waals surface area contributed by atoms with Gasteiger partial charge in [0.1, 0.15) is 5.75 Å². The Morgan fingerprint density at radius 2 is 1.73 bits per heavy atom. The van der Waals surface area contributed by atoms with Crippen molar-refractivity contribution in [2.75, 3.05) is 32.8 Å². The van der Waals surface area contributed by atoms with E-state index in [2.05, 4.69) is 16.4 Å².